The number of anilines is 1. The van der Waals surface area contributed by atoms with Crippen molar-refractivity contribution in [2.75, 3.05) is 24.2 Å². The Balaban J connectivity index is 1.54. The minimum absolute atomic E-state index is 0.00687. The number of hydrogen-bond acceptors (Lipinski definition) is 6. The van der Waals surface area contributed by atoms with Crippen molar-refractivity contribution in [3.63, 3.8) is 0 Å². The van der Waals surface area contributed by atoms with Gasteiger partial charge in [-0.05, 0) is 37.6 Å². The van der Waals surface area contributed by atoms with Crippen LogP contribution in [0, 0.1) is 0 Å². The highest BCUT2D eigenvalue weighted by Gasteiger charge is 2.27. The maximum atomic E-state index is 13.4. The molecule has 1 fully saturated rings. The van der Waals surface area contributed by atoms with Gasteiger partial charge in [0.05, 0.1) is 28.0 Å². The smallest absolute Gasteiger partial charge is 0.271 e. The number of rotatable bonds is 4. The van der Waals surface area contributed by atoms with Crippen molar-refractivity contribution in [2.24, 2.45) is 0 Å². The van der Waals surface area contributed by atoms with Crippen molar-refractivity contribution in [3.05, 3.63) is 51.5 Å². The number of benzene rings is 1. The Hall–Kier alpha value is -1.87. The van der Waals surface area contributed by atoms with Crippen molar-refractivity contribution >= 4 is 56.5 Å². The summed E-state index contributed by atoms with van der Waals surface area (Å²) >= 11 is 9.48. The first kappa shape index (κ1) is 21.0. The van der Waals surface area contributed by atoms with Crippen LogP contribution in [-0.2, 0) is 11.3 Å². The molecule has 1 saturated heterocycles. The zero-order valence-corrected chi connectivity index (χ0v) is 19.4. The van der Waals surface area contributed by atoms with E-state index in [-0.39, 0.29) is 17.5 Å². The SMILES string of the molecule is O=C1CSc2sc3c(=O)n(C[C@@H](c4ccccc4Cl)N4CCCCCC4)cnc3c2N1. The van der Waals surface area contributed by atoms with Crippen LogP contribution in [0.2, 0.25) is 5.02 Å². The molecule has 0 bridgehead atoms. The highest BCUT2D eigenvalue weighted by molar-refractivity contribution is 8.02. The molecule has 2 aliphatic rings. The Kier molecular flexibility index (Phi) is 6.05. The molecule has 1 N–H and O–H groups in total. The van der Waals surface area contributed by atoms with E-state index in [0.29, 0.717) is 28.2 Å². The van der Waals surface area contributed by atoms with Crippen LogP contribution in [0.15, 0.2) is 39.6 Å². The molecule has 162 valence electrons. The van der Waals surface area contributed by atoms with Gasteiger partial charge in [0.25, 0.3) is 5.56 Å². The number of nitrogens with zero attached hydrogens (tertiary/aromatic N) is 3. The standard InChI is InChI=1S/C22H23ClN4O2S2/c23-15-8-4-3-7-14(15)16(26-9-5-1-2-6-10-26)11-27-13-24-18-19-22(30-12-17(28)25-19)31-20(18)21(27)29/h3-4,7-8,13,16H,1-2,5-6,9-12H2,(H,25,28)/t16-/m0/s1. The van der Waals surface area contributed by atoms with Gasteiger partial charge in [-0.15, -0.1) is 23.1 Å². The van der Waals surface area contributed by atoms with Gasteiger partial charge in [-0.25, -0.2) is 4.98 Å². The van der Waals surface area contributed by atoms with Gasteiger partial charge < -0.3 is 5.32 Å². The van der Waals surface area contributed by atoms with Crippen molar-refractivity contribution < 1.29 is 4.79 Å². The minimum Gasteiger partial charge on any atom is -0.322 e. The molecule has 0 radical (unpaired) electrons. The minimum atomic E-state index is -0.0638. The van der Waals surface area contributed by atoms with Crippen LogP contribution in [0.5, 0.6) is 0 Å². The molecule has 0 saturated carbocycles. The van der Waals surface area contributed by atoms with Gasteiger partial charge in [0.15, 0.2) is 0 Å². The van der Waals surface area contributed by atoms with E-state index in [4.69, 9.17) is 11.6 Å². The second kappa shape index (κ2) is 8.94. The average molecular weight is 475 g/mol. The molecule has 6 nitrogen and oxygen atoms in total. The fourth-order valence-electron chi connectivity index (χ4n) is 4.38. The monoisotopic (exact) mass is 474 g/mol. The van der Waals surface area contributed by atoms with E-state index in [1.165, 1.54) is 35.9 Å². The Labute approximate surface area is 193 Å². The van der Waals surface area contributed by atoms with E-state index in [2.05, 4.69) is 21.3 Å². The predicted molar refractivity (Wildman–Crippen MR) is 127 cm³/mol. The maximum absolute atomic E-state index is 13.4. The van der Waals surface area contributed by atoms with E-state index in [0.717, 1.165) is 40.7 Å². The lowest BCUT2D eigenvalue weighted by molar-refractivity contribution is -0.113. The summed E-state index contributed by atoms with van der Waals surface area (Å²) in [4.78, 5) is 32.2. The largest absolute Gasteiger partial charge is 0.322 e. The molecule has 0 aliphatic carbocycles. The van der Waals surface area contributed by atoms with E-state index in [9.17, 15) is 9.59 Å². The van der Waals surface area contributed by atoms with Gasteiger partial charge in [-0.3, -0.25) is 19.1 Å². The third kappa shape index (κ3) is 4.14. The Morgan fingerprint density at radius 2 is 1.90 bits per heavy atom. The highest BCUT2D eigenvalue weighted by Crippen LogP contribution is 2.42. The quantitative estimate of drug-likeness (QED) is 0.589. The summed E-state index contributed by atoms with van der Waals surface area (Å²) in [6, 6.07) is 7.92. The summed E-state index contributed by atoms with van der Waals surface area (Å²) in [7, 11) is 0. The van der Waals surface area contributed by atoms with Gasteiger partial charge in [0.1, 0.15) is 10.2 Å². The van der Waals surface area contributed by atoms with Gasteiger partial charge in [0, 0.05) is 11.6 Å². The summed E-state index contributed by atoms with van der Waals surface area (Å²) in [5.41, 5.74) is 2.25. The maximum Gasteiger partial charge on any atom is 0.271 e. The molecule has 2 aliphatic heterocycles. The first-order valence-electron chi connectivity index (χ1n) is 10.5. The van der Waals surface area contributed by atoms with Crippen LogP contribution in [0.4, 0.5) is 5.69 Å². The summed E-state index contributed by atoms with van der Waals surface area (Å²) in [5.74, 6) is 0.320. The van der Waals surface area contributed by atoms with Gasteiger partial charge in [0.2, 0.25) is 5.91 Å². The number of thiophene rings is 1. The molecule has 1 amide bonds. The Bertz CT molecular complexity index is 1180. The number of carbonyl (C=O) groups excluding carboxylic acids is 1. The van der Waals surface area contributed by atoms with Crippen LogP contribution >= 0.6 is 34.7 Å². The molecule has 1 aromatic carbocycles. The van der Waals surface area contributed by atoms with Crippen molar-refractivity contribution in [3.8, 4) is 0 Å². The number of halogens is 1. The molecular weight excluding hydrogens is 452 g/mol. The normalized spacial score (nSPS) is 18.4. The summed E-state index contributed by atoms with van der Waals surface area (Å²) in [6.45, 7) is 2.49. The van der Waals surface area contributed by atoms with E-state index < -0.39 is 0 Å². The molecule has 4 heterocycles. The third-order valence-electron chi connectivity index (χ3n) is 5.95. The Morgan fingerprint density at radius 1 is 1.13 bits per heavy atom. The number of nitrogens with one attached hydrogen (secondary N) is 1. The molecule has 3 aromatic rings. The Morgan fingerprint density at radius 3 is 2.68 bits per heavy atom. The zero-order chi connectivity index (χ0) is 21.4. The first-order valence-corrected chi connectivity index (χ1v) is 12.7. The third-order valence-corrected chi connectivity index (χ3v) is 8.73. The molecule has 0 spiro atoms. The van der Waals surface area contributed by atoms with Gasteiger partial charge in [-0.1, -0.05) is 42.6 Å². The number of carbonyl (C=O) groups is 1. The summed E-state index contributed by atoms with van der Waals surface area (Å²) < 4.78 is 3.25. The topological polar surface area (TPSA) is 67.2 Å². The number of likely N-dealkylation sites (tertiary alicyclic amines) is 1. The van der Waals surface area contributed by atoms with E-state index in [1.807, 2.05) is 18.2 Å². The number of thioether (sulfide) groups is 1. The molecular formula is C22H23ClN4O2S2. The lowest BCUT2D eigenvalue weighted by Gasteiger charge is -2.32. The van der Waals surface area contributed by atoms with Gasteiger partial charge in [-0.2, -0.15) is 0 Å². The predicted octanol–water partition coefficient (Wildman–Crippen LogP) is 4.77. The van der Waals surface area contributed by atoms with E-state index >= 15 is 0 Å². The summed E-state index contributed by atoms with van der Waals surface area (Å²) in [5, 5.41) is 3.60. The summed E-state index contributed by atoms with van der Waals surface area (Å²) in [6.07, 6.45) is 6.40. The molecule has 1 atom stereocenters. The van der Waals surface area contributed by atoms with Crippen LogP contribution in [0.1, 0.15) is 37.3 Å². The number of aromatic nitrogens is 2. The molecule has 9 heteroatoms. The fourth-order valence-corrected chi connectivity index (χ4v) is 6.82. The van der Waals surface area contributed by atoms with Crippen LogP contribution < -0.4 is 10.9 Å². The lowest BCUT2D eigenvalue weighted by atomic mass is 10.0. The van der Waals surface area contributed by atoms with Crippen LogP contribution in [0.25, 0.3) is 10.2 Å². The van der Waals surface area contributed by atoms with Crippen molar-refractivity contribution in [1.29, 1.82) is 0 Å². The van der Waals surface area contributed by atoms with Crippen LogP contribution in [-0.4, -0.2) is 39.2 Å². The average Bonchev–Trinajstić information content (AvgIpc) is 2.94. The van der Waals surface area contributed by atoms with Crippen LogP contribution in [0.3, 0.4) is 0 Å². The van der Waals surface area contributed by atoms with Crippen molar-refractivity contribution in [1.82, 2.24) is 14.5 Å². The number of amides is 1. The van der Waals surface area contributed by atoms with E-state index in [1.54, 1.807) is 10.9 Å². The molecule has 5 rings (SSSR count). The molecule has 2 aromatic heterocycles. The highest BCUT2D eigenvalue weighted by atomic mass is 35.5. The molecule has 0 unspecified atom stereocenters. The number of fused-ring (bicyclic) bond motifs is 3. The fraction of sp³-hybridized carbons (Fsp3) is 0.409. The number of hydrogen-bond donors (Lipinski definition) is 1. The van der Waals surface area contributed by atoms with Gasteiger partial charge >= 0.3 is 0 Å². The zero-order valence-electron chi connectivity index (χ0n) is 17.0. The second-order valence-electron chi connectivity index (χ2n) is 7.97. The molecule has 31 heavy (non-hydrogen) atoms. The second-order valence-corrected chi connectivity index (χ2v) is 10.6. The first-order chi connectivity index (χ1) is 15.1. The van der Waals surface area contributed by atoms with Crippen molar-refractivity contribution in [2.45, 2.75) is 42.5 Å². The lowest BCUT2D eigenvalue weighted by Crippen LogP contribution is -2.35.